The van der Waals surface area contributed by atoms with Crippen molar-refractivity contribution in [2.45, 2.75) is 32.1 Å². The highest BCUT2D eigenvalue weighted by Crippen LogP contribution is 2.25. The van der Waals surface area contributed by atoms with E-state index in [1.165, 1.54) is 15.6 Å². The van der Waals surface area contributed by atoms with Crippen LogP contribution in [0.1, 0.15) is 27.1 Å². The van der Waals surface area contributed by atoms with Crippen LogP contribution in [0.15, 0.2) is 70.0 Å². The number of hydrogen-bond donors (Lipinski definition) is 1. The number of sulfonamides is 1. The number of benzene rings is 2. The summed E-state index contributed by atoms with van der Waals surface area (Å²) in [5.41, 5.74) is 5.78. The summed E-state index contributed by atoms with van der Waals surface area (Å²) in [6.45, 7) is 5.37. The molecule has 0 bridgehead atoms. The van der Waals surface area contributed by atoms with Crippen LogP contribution < -0.4 is 5.43 Å². The van der Waals surface area contributed by atoms with Crippen molar-refractivity contribution in [2.24, 2.45) is 5.10 Å². The molecule has 0 aliphatic rings. The van der Waals surface area contributed by atoms with E-state index >= 15 is 0 Å². The molecule has 168 valence electrons. The second-order valence-electron chi connectivity index (χ2n) is 7.61. The molecule has 0 unspecified atom stereocenters. The molecule has 1 heterocycles. The van der Waals surface area contributed by atoms with Gasteiger partial charge in [0.15, 0.2) is 0 Å². The second-order valence-corrected chi connectivity index (χ2v) is 10.5. The van der Waals surface area contributed by atoms with Crippen molar-refractivity contribution in [1.82, 2.24) is 9.73 Å². The van der Waals surface area contributed by atoms with Crippen molar-refractivity contribution in [3.63, 3.8) is 0 Å². The minimum atomic E-state index is -3.89. The number of nitrogens with one attached hydrogen (secondary N) is 1. The Morgan fingerprint density at radius 1 is 1.06 bits per heavy atom. The predicted octanol–water partition coefficient (Wildman–Crippen LogP) is 4.06. The lowest BCUT2D eigenvalue weighted by Gasteiger charge is -2.24. The van der Waals surface area contributed by atoms with Crippen molar-refractivity contribution in [2.75, 3.05) is 13.1 Å². The van der Waals surface area contributed by atoms with E-state index in [0.29, 0.717) is 17.5 Å². The highest BCUT2D eigenvalue weighted by Gasteiger charge is 2.29. The number of carbonyl (C=O) groups excluding carboxylic acids is 1. The molecule has 8 heteroatoms. The molecule has 0 fully saturated rings. The molecule has 3 aromatic rings. The molecule has 0 saturated heterocycles. The fourth-order valence-electron chi connectivity index (χ4n) is 3.61. The third kappa shape index (κ3) is 6.12. The maximum absolute atomic E-state index is 13.6. The van der Waals surface area contributed by atoms with Crippen LogP contribution in [0.2, 0.25) is 0 Å². The average Bonchev–Trinajstić information content (AvgIpc) is 3.24. The molecule has 0 saturated carbocycles. The standard InChI is InChI=1S/C24H27N3O3S2/c1-18-14-19(2)24(20(3)15-18)32(29,30)27(12-11-21-8-5-4-6-9-21)17-23(28)26-25-16-22-10-7-13-31-22/h4-10,13-16H,11-12,17H2,1-3H3,(H,26,28)/b25-16+. The van der Waals surface area contributed by atoms with Gasteiger partial charge in [-0.1, -0.05) is 54.1 Å². The van der Waals surface area contributed by atoms with Gasteiger partial charge in [0.2, 0.25) is 10.0 Å². The van der Waals surface area contributed by atoms with Crippen molar-refractivity contribution < 1.29 is 13.2 Å². The van der Waals surface area contributed by atoms with Gasteiger partial charge in [-0.3, -0.25) is 4.79 Å². The topological polar surface area (TPSA) is 78.8 Å². The number of thiophene rings is 1. The SMILES string of the molecule is Cc1cc(C)c(S(=O)(=O)N(CCc2ccccc2)CC(=O)N/N=C/c2cccs2)c(C)c1. The van der Waals surface area contributed by atoms with E-state index in [1.807, 2.05) is 66.9 Å². The zero-order valence-corrected chi connectivity index (χ0v) is 20.0. The van der Waals surface area contributed by atoms with E-state index in [0.717, 1.165) is 16.0 Å². The van der Waals surface area contributed by atoms with Gasteiger partial charge in [-0.2, -0.15) is 9.41 Å². The summed E-state index contributed by atoms with van der Waals surface area (Å²) in [4.78, 5) is 13.7. The summed E-state index contributed by atoms with van der Waals surface area (Å²) >= 11 is 1.49. The van der Waals surface area contributed by atoms with Crippen molar-refractivity contribution >= 4 is 33.5 Å². The van der Waals surface area contributed by atoms with Gasteiger partial charge >= 0.3 is 0 Å². The Hall–Kier alpha value is -2.81. The Morgan fingerprint density at radius 3 is 2.38 bits per heavy atom. The molecular formula is C24H27N3O3S2. The van der Waals surface area contributed by atoms with E-state index in [2.05, 4.69) is 10.5 Å². The lowest BCUT2D eigenvalue weighted by molar-refractivity contribution is -0.121. The van der Waals surface area contributed by atoms with E-state index in [9.17, 15) is 13.2 Å². The number of hydrogen-bond acceptors (Lipinski definition) is 5. The van der Waals surface area contributed by atoms with Crippen LogP contribution in [0.5, 0.6) is 0 Å². The summed E-state index contributed by atoms with van der Waals surface area (Å²) in [5, 5.41) is 5.86. The Bertz CT molecular complexity index is 1170. The van der Waals surface area contributed by atoms with E-state index < -0.39 is 15.9 Å². The first-order valence-corrected chi connectivity index (χ1v) is 12.6. The first-order chi connectivity index (χ1) is 15.3. The number of aryl methyl sites for hydroxylation is 3. The quantitative estimate of drug-likeness (QED) is 0.379. The number of nitrogens with zero attached hydrogens (tertiary/aromatic N) is 2. The van der Waals surface area contributed by atoms with Gasteiger partial charge in [0.05, 0.1) is 17.7 Å². The second kappa shape index (κ2) is 10.7. The summed E-state index contributed by atoms with van der Waals surface area (Å²) in [6.07, 6.45) is 2.04. The van der Waals surface area contributed by atoms with Crippen molar-refractivity contribution in [3.8, 4) is 0 Å². The van der Waals surface area contributed by atoms with Gasteiger partial charge in [-0.05, 0) is 55.3 Å². The Balaban J connectivity index is 1.83. The maximum Gasteiger partial charge on any atom is 0.255 e. The number of rotatable bonds is 9. The van der Waals surface area contributed by atoms with E-state index in [1.54, 1.807) is 20.1 Å². The van der Waals surface area contributed by atoms with Crippen LogP contribution in [0.3, 0.4) is 0 Å². The van der Waals surface area contributed by atoms with Crippen molar-refractivity contribution in [1.29, 1.82) is 0 Å². The molecule has 3 rings (SSSR count). The summed E-state index contributed by atoms with van der Waals surface area (Å²) < 4.78 is 28.5. The van der Waals surface area contributed by atoms with Crippen LogP contribution in [-0.2, 0) is 21.2 Å². The zero-order valence-electron chi connectivity index (χ0n) is 18.4. The zero-order chi connectivity index (χ0) is 23.1. The lowest BCUT2D eigenvalue weighted by Crippen LogP contribution is -2.41. The molecule has 0 spiro atoms. The molecule has 1 N–H and O–H groups in total. The molecule has 2 aromatic carbocycles. The summed E-state index contributed by atoms with van der Waals surface area (Å²) in [6, 6.07) is 17.1. The van der Waals surface area contributed by atoms with Crippen LogP contribution in [0, 0.1) is 20.8 Å². The maximum atomic E-state index is 13.6. The first kappa shape index (κ1) is 23.8. The third-order valence-electron chi connectivity index (χ3n) is 4.94. The molecule has 0 atom stereocenters. The monoisotopic (exact) mass is 469 g/mol. The molecule has 1 aromatic heterocycles. The molecule has 0 aliphatic carbocycles. The first-order valence-electron chi connectivity index (χ1n) is 10.2. The molecule has 0 aliphatic heterocycles. The molecule has 6 nitrogen and oxygen atoms in total. The van der Waals surface area contributed by atoms with Gasteiger partial charge in [-0.15, -0.1) is 11.3 Å². The smallest absolute Gasteiger partial charge is 0.255 e. The van der Waals surface area contributed by atoms with Crippen molar-refractivity contribution in [3.05, 3.63) is 87.1 Å². The summed E-state index contributed by atoms with van der Waals surface area (Å²) in [5.74, 6) is -0.489. The highest BCUT2D eigenvalue weighted by atomic mass is 32.2. The van der Waals surface area contributed by atoms with Gasteiger partial charge in [0, 0.05) is 11.4 Å². The van der Waals surface area contributed by atoms with Crippen LogP contribution in [0.4, 0.5) is 0 Å². The average molecular weight is 470 g/mol. The largest absolute Gasteiger partial charge is 0.272 e. The van der Waals surface area contributed by atoms with Gasteiger partial charge in [-0.25, -0.2) is 13.8 Å². The molecule has 1 amide bonds. The fourth-order valence-corrected chi connectivity index (χ4v) is 6.01. The van der Waals surface area contributed by atoms with E-state index in [4.69, 9.17) is 0 Å². The Kier molecular flexibility index (Phi) is 7.95. The normalized spacial score (nSPS) is 11.9. The van der Waals surface area contributed by atoms with Gasteiger partial charge in [0.1, 0.15) is 0 Å². The number of carbonyl (C=O) groups is 1. The predicted molar refractivity (Wildman–Crippen MR) is 130 cm³/mol. The van der Waals surface area contributed by atoms with Gasteiger partial charge in [0.25, 0.3) is 5.91 Å². The van der Waals surface area contributed by atoms with Gasteiger partial charge < -0.3 is 0 Å². The minimum absolute atomic E-state index is 0.182. The summed E-state index contributed by atoms with van der Waals surface area (Å²) in [7, 11) is -3.89. The van der Waals surface area contributed by atoms with E-state index in [-0.39, 0.29) is 18.0 Å². The number of amides is 1. The van der Waals surface area contributed by atoms with Crippen LogP contribution in [-0.4, -0.2) is 37.9 Å². The Labute approximate surface area is 193 Å². The Morgan fingerprint density at radius 2 is 1.75 bits per heavy atom. The molecular weight excluding hydrogens is 442 g/mol. The molecule has 32 heavy (non-hydrogen) atoms. The minimum Gasteiger partial charge on any atom is -0.272 e. The third-order valence-corrected chi connectivity index (χ3v) is 7.90. The van der Waals surface area contributed by atoms with Crippen LogP contribution in [0.25, 0.3) is 0 Å². The highest BCUT2D eigenvalue weighted by molar-refractivity contribution is 7.89. The lowest BCUT2D eigenvalue weighted by atomic mass is 10.1. The number of hydrazone groups is 1. The molecule has 0 radical (unpaired) electrons. The van der Waals surface area contributed by atoms with Crippen LogP contribution >= 0.6 is 11.3 Å². The fraction of sp³-hybridized carbons (Fsp3) is 0.250.